The molecule has 0 spiro atoms. The summed E-state index contributed by atoms with van der Waals surface area (Å²) >= 11 is 0. The molecule has 12 heavy (non-hydrogen) atoms. The number of rotatable bonds is 2. The van der Waals surface area contributed by atoms with E-state index in [9.17, 15) is 9.59 Å². The van der Waals surface area contributed by atoms with Crippen LogP contribution in [0.2, 0.25) is 0 Å². The molecular formula is C8H11NO3. The minimum Gasteiger partial charge on any atom is -0.433 e. The Morgan fingerprint density at radius 1 is 1.67 bits per heavy atom. The maximum atomic E-state index is 11.0. The number of ether oxygens (including phenoxy) is 1. The molecule has 1 fully saturated rings. The van der Waals surface area contributed by atoms with E-state index in [-0.39, 0.29) is 11.9 Å². The smallest absolute Gasteiger partial charge is 0.307 e. The van der Waals surface area contributed by atoms with Crippen molar-refractivity contribution in [1.29, 1.82) is 0 Å². The molecule has 1 amide bonds. The molecule has 4 nitrogen and oxygen atoms in total. The van der Waals surface area contributed by atoms with Crippen molar-refractivity contribution < 1.29 is 14.3 Å². The minimum absolute atomic E-state index is 0.0819. The lowest BCUT2D eigenvalue weighted by Crippen LogP contribution is -2.17. The third-order valence-electron chi connectivity index (χ3n) is 1.58. The summed E-state index contributed by atoms with van der Waals surface area (Å²) in [5.41, 5.74) is 0. The Labute approximate surface area is 70.8 Å². The first-order valence-electron chi connectivity index (χ1n) is 3.83. The fourth-order valence-corrected chi connectivity index (χ4v) is 1.03. The Kier molecular flexibility index (Phi) is 2.85. The van der Waals surface area contributed by atoms with Crippen molar-refractivity contribution in [1.82, 2.24) is 4.90 Å². The fourth-order valence-electron chi connectivity index (χ4n) is 1.03. The number of esters is 1. The molecule has 0 N–H and O–H groups in total. The Morgan fingerprint density at radius 3 is 2.92 bits per heavy atom. The zero-order chi connectivity index (χ0) is 8.97. The summed E-state index contributed by atoms with van der Waals surface area (Å²) in [6.45, 7) is 2.03. The van der Waals surface area contributed by atoms with Gasteiger partial charge in [-0.2, -0.15) is 0 Å². The van der Waals surface area contributed by atoms with E-state index in [1.165, 1.54) is 19.4 Å². The molecule has 1 rings (SSSR count). The normalized spacial score (nSPS) is 17.4. The van der Waals surface area contributed by atoms with E-state index < -0.39 is 0 Å². The molecule has 4 heteroatoms. The number of hydrogen-bond acceptors (Lipinski definition) is 3. The number of carbonyl (C=O) groups is 2. The SMILES string of the molecule is CC(=O)OC=CN1CCCC1=O. The Morgan fingerprint density at radius 2 is 2.42 bits per heavy atom. The molecule has 1 heterocycles. The third kappa shape index (κ3) is 2.38. The van der Waals surface area contributed by atoms with Gasteiger partial charge in [0.05, 0.1) is 0 Å². The van der Waals surface area contributed by atoms with Crippen molar-refractivity contribution >= 4 is 11.9 Å². The van der Waals surface area contributed by atoms with Gasteiger partial charge in [-0.05, 0) is 6.42 Å². The number of nitrogens with zero attached hydrogens (tertiary/aromatic N) is 1. The van der Waals surface area contributed by atoms with Crippen LogP contribution in [0.15, 0.2) is 12.5 Å². The molecular weight excluding hydrogens is 158 g/mol. The van der Waals surface area contributed by atoms with E-state index in [0.29, 0.717) is 6.42 Å². The first kappa shape index (κ1) is 8.77. The van der Waals surface area contributed by atoms with Crippen molar-refractivity contribution in [2.45, 2.75) is 19.8 Å². The lowest BCUT2D eigenvalue weighted by molar-refractivity contribution is -0.135. The Hall–Kier alpha value is -1.32. The summed E-state index contributed by atoms with van der Waals surface area (Å²) in [6, 6.07) is 0. The molecule has 0 atom stereocenters. The first-order valence-corrected chi connectivity index (χ1v) is 3.83. The molecule has 0 saturated carbocycles. The molecule has 0 aromatic rings. The van der Waals surface area contributed by atoms with E-state index in [2.05, 4.69) is 4.74 Å². The molecule has 0 unspecified atom stereocenters. The maximum Gasteiger partial charge on any atom is 0.307 e. The van der Waals surface area contributed by atoms with Gasteiger partial charge >= 0.3 is 5.97 Å². The fraction of sp³-hybridized carbons (Fsp3) is 0.500. The summed E-state index contributed by atoms with van der Waals surface area (Å²) < 4.78 is 4.54. The van der Waals surface area contributed by atoms with E-state index >= 15 is 0 Å². The van der Waals surface area contributed by atoms with Gasteiger partial charge in [-0.3, -0.25) is 9.59 Å². The Balaban J connectivity index is 2.34. The number of carbonyl (C=O) groups excluding carboxylic acids is 2. The van der Waals surface area contributed by atoms with Crippen LogP contribution in [0.1, 0.15) is 19.8 Å². The highest BCUT2D eigenvalue weighted by Crippen LogP contribution is 2.09. The van der Waals surface area contributed by atoms with Gasteiger partial charge in [0.1, 0.15) is 6.26 Å². The summed E-state index contributed by atoms with van der Waals surface area (Å²) in [5.74, 6) is -0.295. The average molecular weight is 169 g/mol. The Bertz CT molecular complexity index is 222. The number of likely N-dealkylation sites (tertiary alicyclic amines) is 1. The van der Waals surface area contributed by atoms with E-state index in [4.69, 9.17) is 0 Å². The highest BCUT2D eigenvalue weighted by molar-refractivity contribution is 5.79. The molecule has 66 valence electrons. The second-order valence-electron chi connectivity index (χ2n) is 2.59. The van der Waals surface area contributed by atoms with Gasteiger partial charge in [0.15, 0.2) is 0 Å². The zero-order valence-electron chi connectivity index (χ0n) is 6.95. The number of hydrogen-bond donors (Lipinski definition) is 0. The van der Waals surface area contributed by atoms with E-state index in [1.807, 2.05) is 0 Å². The minimum atomic E-state index is -0.377. The number of amides is 1. The highest BCUT2D eigenvalue weighted by atomic mass is 16.5. The first-order chi connectivity index (χ1) is 5.70. The lowest BCUT2D eigenvalue weighted by Gasteiger charge is -2.07. The van der Waals surface area contributed by atoms with E-state index in [1.54, 1.807) is 4.90 Å². The van der Waals surface area contributed by atoms with Gasteiger partial charge < -0.3 is 9.64 Å². The van der Waals surface area contributed by atoms with Crippen molar-refractivity contribution in [3.63, 3.8) is 0 Å². The van der Waals surface area contributed by atoms with Crippen LogP contribution in [-0.2, 0) is 14.3 Å². The van der Waals surface area contributed by atoms with Gasteiger partial charge in [0.2, 0.25) is 5.91 Å². The van der Waals surface area contributed by atoms with Crippen LogP contribution in [0.25, 0.3) is 0 Å². The monoisotopic (exact) mass is 169 g/mol. The summed E-state index contributed by atoms with van der Waals surface area (Å²) in [4.78, 5) is 22.9. The van der Waals surface area contributed by atoms with Crippen molar-refractivity contribution in [2.24, 2.45) is 0 Å². The van der Waals surface area contributed by atoms with Crippen LogP contribution in [0, 0.1) is 0 Å². The lowest BCUT2D eigenvalue weighted by atomic mass is 10.4. The molecule has 0 aliphatic carbocycles. The van der Waals surface area contributed by atoms with Crippen LogP contribution in [0.5, 0.6) is 0 Å². The highest BCUT2D eigenvalue weighted by Gasteiger charge is 2.17. The van der Waals surface area contributed by atoms with Gasteiger partial charge in [-0.25, -0.2) is 0 Å². The van der Waals surface area contributed by atoms with Crippen molar-refractivity contribution in [3.05, 3.63) is 12.5 Å². The molecule has 0 aromatic carbocycles. The maximum absolute atomic E-state index is 11.0. The quantitative estimate of drug-likeness (QED) is 0.450. The summed E-state index contributed by atoms with van der Waals surface area (Å²) in [5, 5.41) is 0. The van der Waals surface area contributed by atoms with Crippen LogP contribution < -0.4 is 0 Å². The van der Waals surface area contributed by atoms with Crippen LogP contribution in [0.3, 0.4) is 0 Å². The predicted octanol–water partition coefficient (Wildman–Crippen LogP) is 0.643. The second-order valence-corrected chi connectivity index (χ2v) is 2.59. The molecule has 1 aliphatic heterocycles. The molecule has 0 radical (unpaired) electrons. The average Bonchev–Trinajstić information content (AvgIpc) is 2.36. The summed E-state index contributed by atoms with van der Waals surface area (Å²) in [7, 11) is 0. The van der Waals surface area contributed by atoms with Gasteiger partial charge in [-0.15, -0.1) is 0 Å². The van der Waals surface area contributed by atoms with Gasteiger partial charge in [-0.1, -0.05) is 0 Å². The molecule has 0 aromatic heterocycles. The predicted molar refractivity (Wildman–Crippen MR) is 41.9 cm³/mol. The molecule has 1 saturated heterocycles. The van der Waals surface area contributed by atoms with Crippen LogP contribution >= 0.6 is 0 Å². The van der Waals surface area contributed by atoms with Gasteiger partial charge in [0.25, 0.3) is 0 Å². The zero-order valence-corrected chi connectivity index (χ0v) is 6.95. The summed E-state index contributed by atoms with van der Waals surface area (Å²) in [6.07, 6.45) is 4.20. The standard InChI is InChI=1S/C8H11NO3/c1-7(10)12-6-5-9-4-2-3-8(9)11/h5-6H,2-4H2,1H3. The van der Waals surface area contributed by atoms with Crippen LogP contribution in [0.4, 0.5) is 0 Å². The molecule has 0 bridgehead atoms. The molecule has 1 aliphatic rings. The van der Waals surface area contributed by atoms with Gasteiger partial charge in [0, 0.05) is 26.1 Å². The van der Waals surface area contributed by atoms with Crippen molar-refractivity contribution in [3.8, 4) is 0 Å². The van der Waals surface area contributed by atoms with Crippen LogP contribution in [-0.4, -0.2) is 23.3 Å². The largest absolute Gasteiger partial charge is 0.433 e. The topological polar surface area (TPSA) is 46.6 Å². The second kappa shape index (κ2) is 3.90. The van der Waals surface area contributed by atoms with Crippen molar-refractivity contribution in [2.75, 3.05) is 6.54 Å². The van der Waals surface area contributed by atoms with E-state index in [0.717, 1.165) is 13.0 Å². The third-order valence-corrected chi connectivity index (χ3v) is 1.58.